The Balaban J connectivity index is 1.40. The lowest BCUT2D eigenvalue weighted by Crippen LogP contribution is -2.28. The second kappa shape index (κ2) is 7.64. The quantitative estimate of drug-likeness (QED) is 0.739. The predicted octanol–water partition coefficient (Wildman–Crippen LogP) is 3.03. The van der Waals surface area contributed by atoms with Crippen molar-refractivity contribution in [2.75, 3.05) is 11.9 Å². The smallest absolute Gasteiger partial charge is 0.247 e. The monoisotopic (exact) mass is 376 g/mol. The average Bonchev–Trinajstić information content (AvgIpc) is 3.34. The van der Waals surface area contributed by atoms with E-state index < -0.39 is 0 Å². The van der Waals surface area contributed by atoms with E-state index in [4.69, 9.17) is 4.42 Å². The highest BCUT2D eigenvalue weighted by Gasteiger charge is 2.34. The first-order chi connectivity index (χ1) is 13.6. The summed E-state index contributed by atoms with van der Waals surface area (Å²) in [6, 6.07) is 15.3. The van der Waals surface area contributed by atoms with Gasteiger partial charge in [-0.3, -0.25) is 9.59 Å². The summed E-state index contributed by atoms with van der Waals surface area (Å²) in [7, 11) is 0. The fourth-order valence-electron chi connectivity index (χ4n) is 3.29. The molecule has 1 fully saturated rings. The van der Waals surface area contributed by atoms with Crippen LogP contribution in [-0.2, 0) is 16.1 Å². The van der Waals surface area contributed by atoms with Gasteiger partial charge in [-0.15, -0.1) is 10.2 Å². The summed E-state index contributed by atoms with van der Waals surface area (Å²) in [5, 5.41) is 10.4. The molecule has 4 rings (SSSR count). The second-order valence-electron chi connectivity index (χ2n) is 6.97. The number of nitrogens with zero attached hydrogens (tertiary/aromatic N) is 3. The van der Waals surface area contributed by atoms with Gasteiger partial charge in [-0.05, 0) is 30.7 Å². The van der Waals surface area contributed by atoms with Crippen LogP contribution in [0.25, 0.3) is 11.5 Å². The number of carbonyl (C=O) groups is 2. The van der Waals surface area contributed by atoms with Crippen molar-refractivity contribution in [2.24, 2.45) is 5.92 Å². The number of nitrogens with one attached hydrogen (secondary N) is 1. The van der Waals surface area contributed by atoms with Gasteiger partial charge in [-0.1, -0.05) is 35.9 Å². The van der Waals surface area contributed by atoms with E-state index in [1.54, 1.807) is 23.1 Å². The zero-order valence-corrected chi connectivity index (χ0v) is 15.5. The summed E-state index contributed by atoms with van der Waals surface area (Å²) in [5.74, 6) is -0.149. The third kappa shape index (κ3) is 3.93. The lowest BCUT2D eigenvalue weighted by molar-refractivity contribution is -0.128. The molecular formula is C21H20N4O3. The summed E-state index contributed by atoms with van der Waals surface area (Å²) in [4.78, 5) is 26.7. The van der Waals surface area contributed by atoms with E-state index in [-0.39, 0.29) is 24.2 Å². The predicted molar refractivity (Wildman–Crippen MR) is 103 cm³/mol. The van der Waals surface area contributed by atoms with Gasteiger partial charge in [0.05, 0.1) is 5.92 Å². The molecule has 1 aliphatic heterocycles. The molecule has 7 heteroatoms. The van der Waals surface area contributed by atoms with E-state index in [9.17, 15) is 9.59 Å². The second-order valence-corrected chi connectivity index (χ2v) is 6.97. The number of rotatable bonds is 5. The summed E-state index contributed by atoms with van der Waals surface area (Å²) in [6.45, 7) is 2.97. The van der Waals surface area contributed by atoms with Crippen molar-refractivity contribution in [2.45, 2.75) is 19.9 Å². The van der Waals surface area contributed by atoms with Crippen LogP contribution in [0.5, 0.6) is 0 Å². The lowest BCUT2D eigenvalue weighted by Gasteiger charge is -2.17. The number of likely N-dealkylation sites (tertiary alicyclic amines) is 1. The van der Waals surface area contributed by atoms with Crippen molar-refractivity contribution in [1.29, 1.82) is 0 Å². The first-order valence-electron chi connectivity index (χ1n) is 9.09. The van der Waals surface area contributed by atoms with Crippen molar-refractivity contribution in [1.82, 2.24) is 15.1 Å². The maximum Gasteiger partial charge on any atom is 0.247 e. The number of benzene rings is 2. The maximum absolute atomic E-state index is 12.7. The number of amides is 2. The third-order valence-electron chi connectivity index (χ3n) is 4.82. The molecule has 2 heterocycles. The average molecular weight is 376 g/mol. The summed E-state index contributed by atoms with van der Waals surface area (Å²) >= 11 is 0. The van der Waals surface area contributed by atoms with Gasteiger partial charge in [-0.2, -0.15) is 0 Å². The van der Waals surface area contributed by atoms with Gasteiger partial charge in [-0.25, -0.2) is 0 Å². The van der Waals surface area contributed by atoms with Gasteiger partial charge in [0.25, 0.3) is 0 Å². The molecule has 3 aromatic rings. The van der Waals surface area contributed by atoms with E-state index >= 15 is 0 Å². The summed E-state index contributed by atoms with van der Waals surface area (Å²) in [6.07, 6.45) is 1.48. The Morgan fingerprint density at radius 2 is 2.07 bits per heavy atom. The minimum absolute atomic E-state index is 0.000311. The van der Waals surface area contributed by atoms with Crippen LogP contribution in [0.2, 0.25) is 0 Å². The molecule has 142 valence electrons. The van der Waals surface area contributed by atoms with Gasteiger partial charge < -0.3 is 14.6 Å². The van der Waals surface area contributed by atoms with Crippen molar-refractivity contribution in [3.63, 3.8) is 0 Å². The van der Waals surface area contributed by atoms with Crippen LogP contribution in [0.15, 0.2) is 59.3 Å². The van der Waals surface area contributed by atoms with E-state index in [2.05, 4.69) is 15.5 Å². The molecule has 1 saturated heterocycles. The molecule has 1 atom stereocenters. The number of hydrogen-bond donors (Lipinski definition) is 1. The standard InChI is InChI=1S/C21H20N4O3/c1-14-5-7-15(8-6-14)11-25-12-17(10-19(25)26)20(27)23-18-4-2-3-16(9-18)21-24-22-13-28-21/h2-9,13,17H,10-12H2,1H3,(H,23,27). The van der Waals surface area contributed by atoms with Crippen molar-refractivity contribution in [3.05, 3.63) is 66.1 Å². The van der Waals surface area contributed by atoms with E-state index in [0.29, 0.717) is 24.7 Å². The van der Waals surface area contributed by atoms with Crippen LogP contribution in [0, 0.1) is 12.8 Å². The molecule has 0 bridgehead atoms. The van der Waals surface area contributed by atoms with E-state index in [1.165, 1.54) is 12.0 Å². The molecule has 0 saturated carbocycles. The Kier molecular flexibility index (Phi) is 4.89. The zero-order chi connectivity index (χ0) is 19.5. The molecule has 1 unspecified atom stereocenters. The number of aryl methyl sites for hydroxylation is 1. The highest BCUT2D eigenvalue weighted by molar-refractivity contribution is 5.97. The van der Waals surface area contributed by atoms with Gasteiger partial charge in [0, 0.05) is 30.8 Å². The molecule has 2 aromatic carbocycles. The number of anilines is 1. The molecule has 0 aliphatic carbocycles. The molecule has 1 N–H and O–H groups in total. The molecule has 2 amide bonds. The van der Waals surface area contributed by atoms with Crippen LogP contribution in [0.3, 0.4) is 0 Å². The molecule has 1 aromatic heterocycles. The molecule has 1 aliphatic rings. The minimum Gasteiger partial charge on any atom is -0.423 e. The number of hydrogen-bond acceptors (Lipinski definition) is 5. The van der Waals surface area contributed by atoms with E-state index in [0.717, 1.165) is 11.1 Å². The Hall–Kier alpha value is -3.48. The highest BCUT2D eigenvalue weighted by Crippen LogP contribution is 2.24. The van der Waals surface area contributed by atoms with Crippen molar-refractivity contribution >= 4 is 17.5 Å². The minimum atomic E-state index is -0.370. The van der Waals surface area contributed by atoms with Crippen LogP contribution in [0.1, 0.15) is 17.5 Å². The zero-order valence-electron chi connectivity index (χ0n) is 15.5. The fraction of sp³-hybridized carbons (Fsp3) is 0.238. The Morgan fingerprint density at radius 1 is 1.25 bits per heavy atom. The Labute approximate surface area is 162 Å². The van der Waals surface area contributed by atoms with Gasteiger partial charge in [0.1, 0.15) is 0 Å². The Bertz CT molecular complexity index is 983. The third-order valence-corrected chi connectivity index (χ3v) is 4.82. The van der Waals surface area contributed by atoms with Gasteiger partial charge in [0.15, 0.2) is 0 Å². The topological polar surface area (TPSA) is 88.3 Å². The van der Waals surface area contributed by atoms with Gasteiger partial charge >= 0.3 is 0 Å². The van der Waals surface area contributed by atoms with E-state index in [1.807, 2.05) is 37.3 Å². The van der Waals surface area contributed by atoms with Crippen LogP contribution < -0.4 is 5.32 Å². The molecule has 0 radical (unpaired) electrons. The van der Waals surface area contributed by atoms with Crippen molar-refractivity contribution in [3.8, 4) is 11.5 Å². The molecule has 0 spiro atoms. The SMILES string of the molecule is Cc1ccc(CN2CC(C(=O)Nc3cccc(-c4nnco4)c3)CC2=O)cc1. The Morgan fingerprint density at radius 3 is 2.82 bits per heavy atom. The molecule has 28 heavy (non-hydrogen) atoms. The normalized spacial score (nSPS) is 16.4. The van der Waals surface area contributed by atoms with Crippen LogP contribution >= 0.6 is 0 Å². The summed E-state index contributed by atoms with van der Waals surface area (Å²) < 4.78 is 5.19. The maximum atomic E-state index is 12.7. The van der Waals surface area contributed by atoms with Crippen LogP contribution in [0.4, 0.5) is 5.69 Å². The summed E-state index contributed by atoms with van der Waals surface area (Å²) in [5.41, 5.74) is 3.59. The van der Waals surface area contributed by atoms with Crippen molar-refractivity contribution < 1.29 is 14.0 Å². The highest BCUT2D eigenvalue weighted by atomic mass is 16.4. The number of aromatic nitrogens is 2. The lowest BCUT2D eigenvalue weighted by atomic mass is 10.1. The molecular weight excluding hydrogens is 356 g/mol. The van der Waals surface area contributed by atoms with Crippen LogP contribution in [-0.4, -0.2) is 33.5 Å². The first kappa shape index (κ1) is 17.9. The van der Waals surface area contributed by atoms with Gasteiger partial charge in [0.2, 0.25) is 24.1 Å². The fourth-order valence-corrected chi connectivity index (χ4v) is 3.29. The largest absolute Gasteiger partial charge is 0.423 e. The number of carbonyl (C=O) groups excluding carboxylic acids is 2. The first-order valence-corrected chi connectivity index (χ1v) is 9.09. The molecule has 7 nitrogen and oxygen atoms in total.